The topological polar surface area (TPSA) is 32.6 Å². The number of halogens is 1. The molecule has 1 unspecified atom stereocenters. The molecule has 0 saturated carbocycles. The molecule has 2 aromatic rings. The molecule has 0 spiro atoms. The number of hydrogen-bond acceptors (Lipinski definition) is 3. The van der Waals surface area contributed by atoms with Gasteiger partial charge in [-0.1, -0.05) is 53.2 Å². The largest absolute Gasteiger partial charge is 0.410 e. The molecule has 2 nitrogen and oxygen atoms in total. The van der Waals surface area contributed by atoms with Gasteiger partial charge in [-0.3, -0.25) is 0 Å². The molecule has 1 aromatic heterocycles. The van der Waals surface area contributed by atoms with Gasteiger partial charge in [0.1, 0.15) is 0 Å². The smallest absolute Gasteiger partial charge is 0.157 e. The second kappa shape index (κ2) is 5.14. The van der Waals surface area contributed by atoms with Crippen molar-refractivity contribution >= 4 is 28.1 Å². The van der Waals surface area contributed by atoms with Crippen molar-refractivity contribution < 1.29 is 5.21 Å². The van der Waals surface area contributed by atoms with E-state index in [9.17, 15) is 0 Å². The fourth-order valence-electron chi connectivity index (χ4n) is 1.58. The van der Waals surface area contributed by atoms with Crippen molar-refractivity contribution in [1.82, 2.24) is 0 Å². The minimum atomic E-state index is -0.173. The third kappa shape index (κ3) is 2.26. The van der Waals surface area contributed by atoms with Gasteiger partial charge in [-0.15, -0.1) is 11.3 Å². The highest BCUT2D eigenvalue weighted by molar-refractivity contribution is 7.10. The van der Waals surface area contributed by atoms with E-state index in [1.807, 2.05) is 47.8 Å². The first kappa shape index (κ1) is 11.2. The molecule has 2 rings (SSSR count). The first-order valence-electron chi connectivity index (χ1n) is 4.78. The third-order valence-corrected chi connectivity index (χ3v) is 3.53. The summed E-state index contributed by atoms with van der Waals surface area (Å²) in [5.41, 5.74) is 1.02. The van der Waals surface area contributed by atoms with Crippen LogP contribution >= 0.6 is 22.9 Å². The fraction of sp³-hybridized carbons (Fsp3) is 0.0833. The maximum atomic E-state index is 8.83. The van der Waals surface area contributed by atoms with E-state index in [0.29, 0.717) is 0 Å². The lowest BCUT2D eigenvalue weighted by molar-refractivity contribution is 0.319. The van der Waals surface area contributed by atoms with Crippen LogP contribution in [0.15, 0.2) is 53.0 Å². The van der Waals surface area contributed by atoms with E-state index in [1.165, 1.54) is 0 Å². The van der Waals surface area contributed by atoms with Gasteiger partial charge in [0.05, 0.1) is 5.92 Å². The molecule has 4 heteroatoms. The maximum absolute atomic E-state index is 8.83. The summed E-state index contributed by atoms with van der Waals surface area (Å²) < 4.78 is 0. The summed E-state index contributed by atoms with van der Waals surface area (Å²) >= 11 is 7.56. The van der Waals surface area contributed by atoms with Gasteiger partial charge in [0.15, 0.2) is 5.17 Å². The summed E-state index contributed by atoms with van der Waals surface area (Å²) in [4.78, 5) is 1.06. The summed E-state index contributed by atoms with van der Waals surface area (Å²) in [6.07, 6.45) is 0. The Bertz CT molecular complexity index is 467. The Balaban J connectivity index is 2.45. The molecule has 0 aliphatic carbocycles. The zero-order valence-electron chi connectivity index (χ0n) is 8.38. The van der Waals surface area contributed by atoms with Crippen molar-refractivity contribution in [1.29, 1.82) is 0 Å². The van der Waals surface area contributed by atoms with Gasteiger partial charge in [0, 0.05) is 4.88 Å². The Morgan fingerprint density at radius 2 is 1.94 bits per heavy atom. The molecule has 0 amide bonds. The van der Waals surface area contributed by atoms with Crippen LogP contribution in [-0.2, 0) is 0 Å². The molecule has 1 heterocycles. The molecular formula is C12H10ClNOS. The second-order valence-electron chi connectivity index (χ2n) is 3.28. The van der Waals surface area contributed by atoms with Gasteiger partial charge in [-0.05, 0) is 17.0 Å². The number of oxime groups is 1. The molecule has 1 N–H and O–H groups in total. The molecule has 82 valence electrons. The van der Waals surface area contributed by atoms with Gasteiger partial charge in [-0.2, -0.15) is 0 Å². The van der Waals surface area contributed by atoms with E-state index in [0.717, 1.165) is 10.4 Å². The Hall–Kier alpha value is -1.32. The molecule has 0 fully saturated rings. The van der Waals surface area contributed by atoms with Crippen molar-refractivity contribution in [2.75, 3.05) is 0 Å². The first-order valence-corrected chi connectivity index (χ1v) is 6.04. The highest BCUT2D eigenvalue weighted by Crippen LogP contribution is 2.30. The van der Waals surface area contributed by atoms with E-state index < -0.39 is 0 Å². The van der Waals surface area contributed by atoms with E-state index in [1.54, 1.807) is 11.3 Å². The Kier molecular flexibility index (Phi) is 3.59. The summed E-state index contributed by atoms with van der Waals surface area (Å²) in [6.45, 7) is 0. The fourth-order valence-corrected chi connectivity index (χ4v) is 2.74. The Labute approximate surface area is 103 Å². The van der Waals surface area contributed by atoms with Gasteiger partial charge in [0.2, 0.25) is 0 Å². The van der Waals surface area contributed by atoms with Crippen LogP contribution < -0.4 is 0 Å². The molecular weight excluding hydrogens is 242 g/mol. The number of thiophene rings is 1. The Morgan fingerprint density at radius 1 is 1.19 bits per heavy atom. The molecule has 1 aromatic carbocycles. The van der Waals surface area contributed by atoms with Gasteiger partial charge in [-0.25, -0.2) is 0 Å². The molecule has 0 aliphatic rings. The van der Waals surface area contributed by atoms with E-state index in [-0.39, 0.29) is 11.1 Å². The number of benzene rings is 1. The van der Waals surface area contributed by atoms with Crippen molar-refractivity contribution in [3.63, 3.8) is 0 Å². The summed E-state index contributed by atoms with van der Waals surface area (Å²) in [5.74, 6) is -0.173. The van der Waals surface area contributed by atoms with Crippen LogP contribution in [0.5, 0.6) is 0 Å². The lowest BCUT2D eigenvalue weighted by Gasteiger charge is -2.12. The lowest BCUT2D eigenvalue weighted by atomic mass is 9.99. The van der Waals surface area contributed by atoms with Crippen LogP contribution in [0.1, 0.15) is 16.4 Å². The molecule has 0 radical (unpaired) electrons. The van der Waals surface area contributed by atoms with E-state index in [4.69, 9.17) is 16.8 Å². The number of rotatable bonds is 3. The summed E-state index contributed by atoms with van der Waals surface area (Å²) in [6, 6.07) is 13.7. The van der Waals surface area contributed by atoms with Gasteiger partial charge >= 0.3 is 0 Å². The van der Waals surface area contributed by atoms with Crippen molar-refractivity contribution in [2.45, 2.75) is 5.92 Å². The normalized spacial score (nSPS) is 13.7. The molecule has 0 aliphatic heterocycles. The van der Waals surface area contributed by atoms with E-state index in [2.05, 4.69) is 5.16 Å². The SMILES string of the molecule is O/N=C(\Cl)C(c1ccccc1)c1cccs1. The molecule has 0 bridgehead atoms. The summed E-state index contributed by atoms with van der Waals surface area (Å²) in [7, 11) is 0. The van der Waals surface area contributed by atoms with Crippen LogP contribution in [0.2, 0.25) is 0 Å². The standard InChI is InChI=1S/C12H10ClNOS/c13-12(14-15)11(10-7-4-8-16-10)9-5-2-1-3-6-9/h1-8,11,15H/b14-12-. The van der Waals surface area contributed by atoms with Gasteiger partial charge < -0.3 is 5.21 Å². The zero-order valence-corrected chi connectivity index (χ0v) is 9.95. The highest BCUT2D eigenvalue weighted by Gasteiger charge is 2.20. The van der Waals surface area contributed by atoms with Crippen LogP contribution in [0.4, 0.5) is 0 Å². The average Bonchev–Trinajstić information content (AvgIpc) is 2.84. The molecule has 16 heavy (non-hydrogen) atoms. The van der Waals surface area contributed by atoms with Crippen LogP contribution in [0.25, 0.3) is 0 Å². The van der Waals surface area contributed by atoms with Crippen LogP contribution in [-0.4, -0.2) is 10.4 Å². The quantitative estimate of drug-likeness (QED) is 0.501. The predicted molar refractivity (Wildman–Crippen MR) is 67.7 cm³/mol. The first-order chi connectivity index (χ1) is 7.83. The van der Waals surface area contributed by atoms with Crippen molar-refractivity contribution in [3.05, 3.63) is 58.3 Å². The highest BCUT2D eigenvalue weighted by atomic mass is 35.5. The minimum absolute atomic E-state index is 0.173. The third-order valence-electron chi connectivity index (χ3n) is 2.29. The van der Waals surface area contributed by atoms with E-state index >= 15 is 0 Å². The predicted octanol–water partition coefficient (Wildman–Crippen LogP) is 3.91. The monoisotopic (exact) mass is 251 g/mol. The van der Waals surface area contributed by atoms with Crippen molar-refractivity contribution in [3.8, 4) is 0 Å². The number of hydrogen-bond donors (Lipinski definition) is 1. The minimum Gasteiger partial charge on any atom is -0.410 e. The van der Waals surface area contributed by atoms with Gasteiger partial charge in [0.25, 0.3) is 0 Å². The average molecular weight is 252 g/mol. The molecule has 1 atom stereocenters. The number of nitrogens with zero attached hydrogens (tertiary/aromatic N) is 1. The lowest BCUT2D eigenvalue weighted by Crippen LogP contribution is -2.07. The second-order valence-corrected chi connectivity index (χ2v) is 4.65. The van der Waals surface area contributed by atoms with Crippen molar-refractivity contribution in [2.24, 2.45) is 5.16 Å². The molecule has 0 saturated heterocycles. The van der Waals surface area contributed by atoms with Crippen LogP contribution in [0, 0.1) is 0 Å². The maximum Gasteiger partial charge on any atom is 0.157 e. The zero-order chi connectivity index (χ0) is 11.4. The summed E-state index contributed by atoms with van der Waals surface area (Å²) in [5, 5.41) is 14.1. The van der Waals surface area contributed by atoms with Crippen LogP contribution in [0.3, 0.4) is 0 Å². The Morgan fingerprint density at radius 3 is 2.50 bits per heavy atom.